The molecule has 0 N–H and O–H groups in total. The molecule has 30 heavy (non-hydrogen) atoms. The maximum Gasteiger partial charge on any atom is 0.260 e. The zero-order valence-electron chi connectivity index (χ0n) is 16.4. The molecule has 0 aliphatic rings. The molecule has 1 aromatic heterocycles. The fourth-order valence-corrected chi connectivity index (χ4v) is 2.95. The van der Waals surface area contributed by atoms with Crippen molar-refractivity contribution >= 4 is 29.1 Å². The predicted octanol–water partition coefficient (Wildman–Crippen LogP) is 4.33. The lowest BCUT2D eigenvalue weighted by molar-refractivity contribution is -0.122. The van der Waals surface area contributed by atoms with Crippen LogP contribution in [0.15, 0.2) is 53.2 Å². The van der Waals surface area contributed by atoms with E-state index < -0.39 is 0 Å². The molecule has 3 aromatic rings. The van der Waals surface area contributed by atoms with E-state index in [1.165, 1.54) is 11.1 Å². The maximum absolute atomic E-state index is 13.0. The highest BCUT2D eigenvalue weighted by Gasteiger charge is 2.26. The first-order valence-corrected chi connectivity index (χ1v) is 9.23. The second-order valence-electron chi connectivity index (χ2n) is 6.02. The number of halogens is 1. The van der Waals surface area contributed by atoms with Gasteiger partial charge in [-0.2, -0.15) is 0 Å². The summed E-state index contributed by atoms with van der Waals surface area (Å²) < 4.78 is 21.4. The number of terminal acetylenes is 1. The van der Waals surface area contributed by atoms with Gasteiger partial charge in [0.05, 0.1) is 31.7 Å². The first-order chi connectivity index (χ1) is 14.6. The standard InChI is InChI=1S/C22H19ClN2O5/c1-4-11-29-14-21(26)25(17-8-6-16(23)7-9-17)22-18(13-24-30-22)15-5-10-19(27-2)20(12-15)28-3/h1,5-10,12-13H,11,14H2,2-3H3. The van der Waals surface area contributed by atoms with Gasteiger partial charge in [-0.1, -0.05) is 28.7 Å². The Morgan fingerprint density at radius 1 is 1.17 bits per heavy atom. The third-order valence-electron chi connectivity index (χ3n) is 4.19. The van der Waals surface area contributed by atoms with Crippen LogP contribution in [0.5, 0.6) is 11.5 Å². The molecule has 7 nitrogen and oxygen atoms in total. The quantitative estimate of drug-likeness (QED) is 0.394. The lowest BCUT2D eigenvalue weighted by Gasteiger charge is -2.21. The Balaban J connectivity index is 2.05. The Kier molecular flexibility index (Phi) is 6.96. The molecule has 0 aliphatic carbocycles. The van der Waals surface area contributed by atoms with Crippen molar-refractivity contribution in [3.63, 3.8) is 0 Å². The molecule has 0 unspecified atom stereocenters. The average molecular weight is 427 g/mol. The summed E-state index contributed by atoms with van der Waals surface area (Å²) in [6.07, 6.45) is 6.72. The SMILES string of the molecule is C#CCOCC(=O)N(c1ccc(Cl)cc1)c1oncc1-c1ccc(OC)c(OC)c1. The monoisotopic (exact) mass is 426 g/mol. The fourth-order valence-electron chi connectivity index (χ4n) is 2.82. The van der Waals surface area contributed by atoms with Gasteiger partial charge in [0.1, 0.15) is 13.2 Å². The Hall–Kier alpha value is -3.47. The van der Waals surface area contributed by atoms with Crippen molar-refractivity contribution < 1.29 is 23.5 Å². The number of carbonyl (C=O) groups is 1. The Morgan fingerprint density at radius 3 is 2.57 bits per heavy atom. The zero-order chi connectivity index (χ0) is 21.5. The highest BCUT2D eigenvalue weighted by Crippen LogP contribution is 2.39. The van der Waals surface area contributed by atoms with E-state index in [0.29, 0.717) is 27.8 Å². The van der Waals surface area contributed by atoms with Crippen LogP contribution in [0, 0.1) is 12.3 Å². The number of nitrogens with zero attached hydrogens (tertiary/aromatic N) is 2. The summed E-state index contributed by atoms with van der Waals surface area (Å²) in [6.45, 7) is -0.224. The summed E-state index contributed by atoms with van der Waals surface area (Å²) in [6, 6.07) is 12.1. The van der Waals surface area contributed by atoms with Gasteiger partial charge in [-0.3, -0.25) is 4.79 Å². The number of aromatic nitrogens is 1. The van der Waals surface area contributed by atoms with E-state index in [4.69, 9.17) is 36.8 Å². The van der Waals surface area contributed by atoms with Crippen molar-refractivity contribution in [1.82, 2.24) is 5.16 Å². The zero-order valence-corrected chi connectivity index (χ0v) is 17.2. The van der Waals surface area contributed by atoms with Crippen molar-refractivity contribution in [3.05, 3.63) is 53.7 Å². The molecule has 154 valence electrons. The molecule has 0 aliphatic heterocycles. The number of amides is 1. The Labute approximate surface area is 179 Å². The van der Waals surface area contributed by atoms with Crippen LogP contribution in [0.2, 0.25) is 5.02 Å². The lowest BCUT2D eigenvalue weighted by atomic mass is 10.1. The van der Waals surface area contributed by atoms with E-state index in [-0.39, 0.29) is 25.0 Å². The minimum Gasteiger partial charge on any atom is -0.493 e. The number of carbonyl (C=O) groups excluding carboxylic acids is 1. The maximum atomic E-state index is 13.0. The van der Waals surface area contributed by atoms with Gasteiger partial charge in [0.15, 0.2) is 11.5 Å². The molecule has 0 saturated heterocycles. The Morgan fingerprint density at radius 2 is 1.90 bits per heavy atom. The van der Waals surface area contributed by atoms with Crippen molar-refractivity contribution in [2.45, 2.75) is 0 Å². The first kappa shape index (κ1) is 21.2. The van der Waals surface area contributed by atoms with Crippen LogP contribution < -0.4 is 14.4 Å². The van der Waals surface area contributed by atoms with Crippen LogP contribution in [-0.2, 0) is 9.53 Å². The summed E-state index contributed by atoms with van der Waals surface area (Å²) in [4.78, 5) is 14.3. The van der Waals surface area contributed by atoms with Crippen molar-refractivity contribution in [1.29, 1.82) is 0 Å². The summed E-state index contributed by atoms with van der Waals surface area (Å²) in [5, 5.41) is 4.43. The molecule has 0 bridgehead atoms. The number of hydrogen-bond acceptors (Lipinski definition) is 6. The topological polar surface area (TPSA) is 74.0 Å². The second kappa shape index (κ2) is 9.83. The smallest absolute Gasteiger partial charge is 0.260 e. The number of benzene rings is 2. The molecule has 1 amide bonds. The third-order valence-corrected chi connectivity index (χ3v) is 4.45. The number of ether oxygens (including phenoxy) is 3. The summed E-state index contributed by atoms with van der Waals surface area (Å²) >= 11 is 6.00. The first-order valence-electron chi connectivity index (χ1n) is 8.85. The minimum absolute atomic E-state index is 0.0130. The Bertz CT molecular complexity index is 1060. The summed E-state index contributed by atoms with van der Waals surface area (Å²) in [5.41, 5.74) is 1.84. The van der Waals surface area contributed by atoms with Gasteiger partial charge in [0.2, 0.25) is 5.88 Å². The molecule has 0 fully saturated rings. The molecule has 0 spiro atoms. The summed E-state index contributed by atoms with van der Waals surface area (Å²) in [5.74, 6) is 3.28. The van der Waals surface area contributed by atoms with Crippen LogP contribution in [0.25, 0.3) is 11.1 Å². The molecule has 0 saturated carbocycles. The van der Waals surface area contributed by atoms with Crippen LogP contribution in [0.1, 0.15) is 0 Å². The van der Waals surface area contributed by atoms with Gasteiger partial charge in [0.25, 0.3) is 5.91 Å². The predicted molar refractivity (Wildman–Crippen MR) is 113 cm³/mol. The van der Waals surface area contributed by atoms with Crippen molar-refractivity contribution in [3.8, 4) is 35.0 Å². The average Bonchev–Trinajstić information content (AvgIpc) is 3.24. The number of hydrogen-bond donors (Lipinski definition) is 0. The van der Waals surface area contributed by atoms with Crippen LogP contribution in [0.4, 0.5) is 11.6 Å². The van der Waals surface area contributed by atoms with E-state index in [0.717, 1.165) is 5.56 Å². The molecular weight excluding hydrogens is 408 g/mol. The lowest BCUT2D eigenvalue weighted by Crippen LogP contribution is -2.30. The van der Waals surface area contributed by atoms with Crippen molar-refractivity contribution in [2.24, 2.45) is 0 Å². The fraction of sp³-hybridized carbons (Fsp3) is 0.182. The number of rotatable bonds is 8. The largest absolute Gasteiger partial charge is 0.493 e. The molecule has 1 heterocycles. The van der Waals surface area contributed by atoms with E-state index in [1.807, 2.05) is 6.07 Å². The highest BCUT2D eigenvalue weighted by molar-refractivity contribution is 6.30. The molecule has 3 rings (SSSR count). The van der Waals surface area contributed by atoms with E-state index in [2.05, 4.69) is 11.1 Å². The van der Waals surface area contributed by atoms with Crippen LogP contribution >= 0.6 is 11.6 Å². The van der Waals surface area contributed by atoms with Gasteiger partial charge in [-0.05, 0) is 42.0 Å². The van der Waals surface area contributed by atoms with Gasteiger partial charge in [-0.25, -0.2) is 4.90 Å². The van der Waals surface area contributed by atoms with Gasteiger partial charge in [0, 0.05) is 5.02 Å². The van der Waals surface area contributed by atoms with Crippen LogP contribution in [-0.4, -0.2) is 38.5 Å². The number of anilines is 2. The van der Waals surface area contributed by atoms with Crippen LogP contribution in [0.3, 0.4) is 0 Å². The second-order valence-corrected chi connectivity index (χ2v) is 6.45. The minimum atomic E-state index is -0.383. The van der Waals surface area contributed by atoms with E-state index >= 15 is 0 Å². The van der Waals surface area contributed by atoms with E-state index in [9.17, 15) is 4.79 Å². The molecule has 8 heteroatoms. The highest BCUT2D eigenvalue weighted by atomic mass is 35.5. The third kappa shape index (κ3) is 4.57. The number of methoxy groups -OCH3 is 2. The van der Waals surface area contributed by atoms with Gasteiger partial charge in [-0.15, -0.1) is 6.42 Å². The molecule has 2 aromatic carbocycles. The normalized spacial score (nSPS) is 10.3. The van der Waals surface area contributed by atoms with Gasteiger partial charge < -0.3 is 18.7 Å². The molecule has 0 atom stereocenters. The molecular formula is C22H19ClN2O5. The van der Waals surface area contributed by atoms with Gasteiger partial charge >= 0.3 is 0 Å². The van der Waals surface area contributed by atoms with E-state index in [1.54, 1.807) is 50.6 Å². The van der Waals surface area contributed by atoms with Crippen molar-refractivity contribution in [2.75, 3.05) is 32.3 Å². The summed E-state index contributed by atoms with van der Waals surface area (Å²) in [7, 11) is 3.10. The molecule has 0 radical (unpaired) electrons.